The van der Waals surface area contributed by atoms with Gasteiger partial charge in [-0.2, -0.15) is 0 Å². The molecule has 1 aliphatic rings. The molecule has 0 fully saturated rings. The quantitative estimate of drug-likeness (QED) is 0.166. The molecule has 6 aromatic carbocycles. The van der Waals surface area contributed by atoms with E-state index in [0.717, 1.165) is 22.6 Å². The van der Waals surface area contributed by atoms with Crippen LogP contribution in [0.5, 0.6) is 0 Å². The lowest BCUT2D eigenvalue weighted by molar-refractivity contribution is 1.21. The molecule has 2 heterocycles. The summed E-state index contributed by atoms with van der Waals surface area (Å²) in [7, 11) is -2.22. The van der Waals surface area contributed by atoms with Gasteiger partial charge in [-0.1, -0.05) is 140 Å². The van der Waals surface area contributed by atoms with Gasteiger partial charge in [-0.05, 0) is 49.5 Å². The Kier molecular flexibility index (Phi) is 5.31. The van der Waals surface area contributed by atoms with Crippen molar-refractivity contribution in [2.24, 2.45) is 0 Å². The summed E-state index contributed by atoms with van der Waals surface area (Å²) in [4.78, 5) is 10.8. The lowest BCUT2D eigenvalue weighted by atomic mass is 9.91. The Bertz CT molecular complexity index is 2120. The zero-order chi connectivity index (χ0) is 27.6. The largest absolute Gasteiger partial charge is 0.237 e. The van der Waals surface area contributed by atoms with Crippen molar-refractivity contribution >= 4 is 40.1 Å². The molecule has 7 aromatic rings. The summed E-state index contributed by atoms with van der Waals surface area (Å²) < 4.78 is 0. The summed E-state index contributed by atoms with van der Waals surface area (Å²) in [5, 5.41) is 7.94. The number of fused-ring (bicyclic) bond motifs is 8. The third kappa shape index (κ3) is 3.63. The summed E-state index contributed by atoms with van der Waals surface area (Å²) in [6, 6.07) is 47.7. The van der Waals surface area contributed by atoms with Crippen LogP contribution in [0, 0.1) is 0 Å². The molecule has 0 unspecified atom stereocenters. The summed E-state index contributed by atoms with van der Waals surface area (Å²) in [5.74, 6) is 0.798. The van der Waals surface area contributed by atoms with Crippen molar-refractivity contribution in [3.05, 3.63) is 133 Å². The Hall–Kier alpha value is -4.86. The van der Waals surface area contributed by atoms with Gasteiger partial charge in [-0.3, -0.25) is 0 Å². The van der Waals surface area contributed by atoms with E-state index >= 15 is 0 Å². The van der Waals surface area contributed by atoms with Crippen LogP contribution in [0.3, 0.4) is 0 Å². The Labute approximate surface area is 241 Å². The fourth-order valence-corrected chi connectivity index (χ4v) is 9.99. The van der Waals surface area contributed by atoms with Crippen molar-refractivity contribution in [1.82, 2.24) is 9.97 Å². The van der Waals surface area contributed by atoms with E-state index in [-0.39, 0.29) is 0 Å². The number of hydrogen-bond acceptors (Lipinski definition) is 2. The first-order chi connectivity index (χ1) is 20.1. The molecule has 0 atom stereocenters. The predicted molar refractivity (Wildman–Crippen MR) is 176 cm³/mol. The van der Waals surface area contributed by atoms with Crippen LogP contribution in [0.25, 0.3) is 66.4 Å². The molecule has 0 radical (unpaired) electrons. The predicted octanol–water partition coefficient (Wildman–Crippen LogP) is 8.59. The van der Waals surface area contributed by atoms with Gasteiger partial charge in [0, 0.05) is 22.0 Å². The molecule has 0 amide bonds. The maximum absolute atomic E-state index is 5.42. The minimum atomic E-state index is -2.22. The average molecular weight is 541 g/mol. The Morgan fingerprint density at radius 3 is 1.68 bits per heavy atom. The second-order valence-electron chi connectivity index (χ2n) is 11.4. The van der Waals surface area contributed by atoms with Gasteiger partial charge in [0.05, 0.1) is 5.69 Å². The SMILES string of the molecule is C[Si]1(C)c2nc(-c3ccccc3)nc(-c3cccc(-c4ccccc4)c3)c2-c2c1c1ccccc1c1ccccc21. The second kappa shape index (κ2) is 9.08. The molecular weight excluding hydrogens is 513 g/mol. The van der Waals surface area contributed by atoms with Gasteiger partial charge in [-0.25, -0.2) is 9.97 Å². The second-order valence-corrected chi connectivity index (χ2v) is 15.6. The Morgan fingerprint density at radius 2 is 0.976 bits per heavy atom. The van der Waals surface area contributed by atoms with Gasteiger partial charge in [0.2, 0.25) is 0 Å². The van der Waals surface area contributed by atoms with Gasteiger partial charge in [0.15, 0.2) is 5.82 Å². The van der Waals surface area contributed by atoms with Crippen molar-refractivity contribution in [2.75, 3.05) is 0 Å². The van der Waals surface area contributed by atoms with Crippen LogP contribution in [0.2, 0.25) is 13.1 Å². The van der Waals surface area contributed by atoms with Gasteiger partial charge in [0.1, 0.15) is 8.07 Å². The maximum atomic E-state index is 5.42. The van der Waals surface area contributed by atoms with E-state index in [1.165, 1.54) is 54.3 Å². The first-order valence-electron chi connectivity index (χ1n) is 14.2. The monoisotopic (exact) mass is 540 g/mol. The molecule has 194 valence electrons. The molecular formula is C38H28N2Si. The highest BCUT2D eigenvalue weighted by molar-refractivity contribution is 7.05. The van der Waals surface area contributed by atoms with Gasteiger partial charge in [-0.15, -0.1) is 0 Å². The summed E-state index contributed by atoms with van der Waals surface area (Å²) in [5.41, 5.74) is 8.12. The van der Waals surface area contributed by atoms with E-state index in [9.17, 15) is 0 Å². The summed E-state index contributed by atoms with van der Waals surface area (Å²) in [6.07, 6.45) is 0. The zero-order valence-corrected chi connectivity index (χ0v) is 24.1. The molecule has 0 aliphatic carbocycles. The van der Waals surface area contributed by atoms with Crippen LogP contribution >= 0.6 is 0 Å². The number of hydrogen-bond donors (Lipinski definition) is 0. The fourth-order valence-electron chi connectivity index (χ4n) is 6.72. The molecule has 0 spiro atoms. The number of aromatic nitrogens is 2. The minimum Gasteiger partial charge on any atom is -0.237 e. The van der Waals surface area contributed by atoms with Crippen molar-refractivity contribution in [1.29, 1.82) is 0 Å². The Balaban J connectivity index is 1.51. The number of nitrogens with zero attached hydrogens (tertiary/aromatic N) is 2. The van der Waals surface area contributed by atoms with Crippen LogP contribution in [0.4, 0.5) is 0 Å². The van der Waals surface area contributed by atoms with Gasteiger partial charge in [0.25, 0.3) is 0 Å². The lowest BCUT2D eigenvalue weighted by Gasteiger charge is -2.21. The van der Waals surface area contributed by atoms with E-state index < -0.39 is 8.07 Å². The summed E-state index contributed by atoms with van der Waals surface area (Å²) >= 11 is 0. The van der Waals surface area contributed by atoms with Crippen LogP contribution in [0.1, 0.15) is 0 Å². The normalized spacial score (nSPS) is 13.3. The molecule has 0 bridgehead atoms. The first kappa shape index (κ1) is 24.0. The van der Waals surface area contributed by atoms with Crippen LogP contribution in [0.15, 0.2) is 133 Å². The highest BCUT2D eigenvalue weighted by Crippen LogP contribution is 2.43. The van der Waals surface area contributed by atoms with Gasteiger partial charge < -0.3 is 0 Å². The zero-order valence-electron chi connectivity index (χ0n) is 23.1. The number of benzene rings is 6. The first-order valence-corrected chi connectivity index (χ1v) is 17.2. The van der Waals surface area contributed by atoms with Crippen molar-refractivity contribution in [3.63, 3.8) is 0 Å². The molecule has 1 aromatic heterocycles. The van der Waals surface area contributed by atoms with Crippen LogP contribution in [-0.2, 0) is 0 Å². The number of rotatable bonds is 3. The smallest absolute Gasteiger partial charge is 0.159 e. The van der Waals surface area contributed by atoms with Crippen LogP contribution < -0.4 is 10.5 Å². The standard InChI is InChI=1S/C38H28N2Si/c1-41(2)36-32-23-12-10-21-30(32)29-20-9-11-22-31(29)33(36)34-35(39-37(40-38(34)41)26-16-7-4-8-17-26)28-19-13-18-27(24-28)25-14-5-3-6-15-25/h3-24H,1-2H3. The molecule has 1 aliphatic heterocycles. The van der Waals surface area contributed by atoms with Crippen molar-refractivity contribution in [2.45, 2.75) is 13.1 Å². The topological polar surface area (TPSA) is 25.8 Å². The van der Waals surface area contributed by atoms with Gasteiger partial charge >= 0.3 is 0 Å². The molecule has 2 nitrogen and oxygen atoms in total. The van der Waals surface area contributed by atoms with E-state index in [1.54, 1.807) is 0 Å². The average Bonchev–Trinajstić information content (AvgIpc) is 3.28. The van der Waals surface area contributed by atoms with Crippen molar-refractivity contribution in [3.8, 4) is 44.9 Å². The van der Waals surface area contributed by atoms with E-state index in [0.29, 0.717) is 0 Å². The van der Waals surface area contributed by atoms with E-state index in [1.807, 2.05) is 6.07 Å². The van der Waals surface area contributed by atoms with Crippen molar-refractivity contribution < 1.29 is 0 Å². The lowest BCUT2D eigenvalue weighted by Crippen LogP contribution is -2.51. The highest BCUT2D eigenvalue weighted by atomic mass is 28.3. The molecule has 0 N–H and O–H groups in total. The molecule has 41 heavy (non-hydrogen) atoms. The maximum Gasteiger partial charge on any atom is 0.159 e. The molecule has 0 saturated heterocycles. The minimum absolute atomic E-state index is 0.798. The third-order valence-corrected chi connectivity index (χ3v) is 11.9. The summed E-state index contributed by atoms with van der Waals surface area (Å²) in [6.45, 7) is 4.93. The molecule has 0 saturated carbocycles. The van der Waals surface area contributed by atoms with E-state index in [4.69, 9.17) is 9.97 Å². The Morgan fingerprint density at radius 1 is 0.439 bits per heavy atom. The molecule has 3 heteroatoms. The fraction of sp³-hybridized carbons (Fsp3) is 0.0526. The highest BCUT2D eigenvalue weighted by Gasteiger charge is 2.44. The molecule has 8 rings (SSSR count). The van der Waals surface area contributed by atoms with Crippen LogP contribution in [-0.4, -0.2) is 18.0 Å². The third-order valence-electron chi connectivity index (χ3n) is 8.58. The van der Waals surface area contributed by atoms with E-state index in [2.05, 4.69) is 140 Å².